The number of ether oxygens (including phenoxy) is 1. The summed E-state index contributed by atoms with van der Waals surface area (Å²) in [5.74, 6) is -0.361. The van der Waals surface area contributed by atoms with Crippen molar-refractivity contribution < 1.29 is 9.53 Å². The van der Waals surface area contributed by atoms with Gasteiger partial charge >= 0.3 is 5.97 Å². The molecule has 2 nitrogen and oxygen atoms in total. The van der Waals surface area contributed by atoms with Crippen LogP contribution in [-0.2, 0) is 14.9 Å². The SMILES string of the molecule is CCOC(=O)C(c1ccc(C(C)(C)C)cc1)C(C)(C)C. The van der Waals surface area contributed by atoms with Crippen molar-refractivity contribution in [3.63, 3.8) is 0 Å². The highest BCUT2D eigenvalue weighted by Gasteiger charge is 2.34. The van der Waals surface area contributed by atoms with Crippen LogP contribution in [0.1, 0.15) is 65.5 Å². The van der Waals surface area contributed by atoms with Gasteiger partial charge in [-0.3, -0.25) is 4.79 Å². The molecule has 0 bridgehead atoms. The van der Waals surface area contributed by atoms with Crippen LogP contribution in [0.4, 0.5) is 0 Å². The van der Waals surface area contributed by atoms with E-state index >= 15 is 0 Å². The molecule has 112 valence electrons. The highest BCUT2D eigenvalue weighted by atomic mass is 16.5. The van der Waals surface area contributed by atoms with Gasteiger partial charge in [0.05, 0.1) is 12.5 Å². The van der Waals surface area contributed by atoms with Crippen molar-refractivity contribution in [2.24, 2.45) is 5.41 Å². The monoisotopic (exact) mass is 276 g/mol. The fourth-order valence-corrected chi connectivity index (χ4v) is 2.39. The van der Waals surface area contributed by atoms with Crippen molar-refractivity contribution in [3.8, 4) is 0 Å². The maximum Gasteiger partial charge on any atom is 0.313 e. The van der Waals surface area contributed by atoms with Crippen LogP contribution in [0.5, 0.6) is 0 Å². The lowest BCUT2D eigenvalue weighted by Gasteiger charge is -2.29. The van der Waals surface area contributed by atoms with Gasteiger partial charge in [0.2, 0.25) is 0 Å². The molecule has 0 aromatic heterocycles. The minimum absolute atomic E-state index is 0.125. The van der Waals surface area contributed by atoms with Crippen molar-refractivity contribution in [3.05, 3.63) is 35.4 Å². The van der Waals surface area contributed by atoms with Crippen LogP contribution in [-0.4, -0.2) is 12.6 Å². The van der Waals surface area contributed by atoms with Crippen molar-refractivity contribution in [1.82, 2.24) is 0 Å². The maximum atomic E-state index is 12.2. The molecule has 0 aliphatic rings. The lowest BCUT2D eigenvalue weighted by molar-refractivity contribution is -0.147. The normalized spacial score (nSPS) is 13.9. The summed E-state index contributed by atoms with van der Waals surface area (Å²) >= 11 is 0. The summed E-state index contributed by atoms with van der Waals surface area (Å²) in [6, 6.07) is 8.36. The van der Waals surface area contributed by atoms with E-state index in [2.05, 4.69) is 65.8 Å². The Morgan fingerprint density at radius 1 is 1.05 bits per heavy atom. The molecular formula is C18H28O2. The van der Waals surface area contributed by atoms with Gasteiger partial charge in [0.1, 0.15) is 0 Å². The molecule has 0 fully saturated rings. The van der Waals surface area contributed by atoms with Crippen LogP contribution >= 0.6 is 0 Å². The number of hydrogen-bond acceptors (Lipinski definition) is 2. The average molecular weight is 276 g/mol. The summed E-state index contributed by atoms with van der Waals surface area (Å²) in [7, 11) is 0. The summed E-state index contributed by atoms with van der Waals surface area (Å²) in [6.07, 6.45) is 0. The summed E-state index contributed by atoms with van der Waals surface area (Å²) in [6.45, 7) is 15.1. The van der Waals surface area contributed by atoms with Crippen molar-refractivity contribution in [2.45, 2.75) is 59.8 Å². The number of hydrogen-bond donors (Lipinski definition) is 0. The molecule has 1 aromatic carbocycles. The third-order valence-electron chi connectivity index (χ3n) is 3.50. The number of esters is 1. The topological polar surface area (TPSA) is 26.3 Å². The minimum atomic E-state index is -0.225. The quantitative estimate of drug-likeness (QED) is 0.749. The van der Waals surface area contributed by atoms with Gasteiger partial charge in [-0.05, 0) is 28.9 Å². The van der Waals surface area contributed by atoms with E-state index in [9.17, 15) is 4.79 Å². The van der Waals surface area contributed by atoms with Gasteiger partial charge in [0.25, 0.3) is 0 Å². The molecule has 0 aliphatic carbocycles. The molecule has 20 heavy (non-hydrogen) atoms. The Kier molecular flexibility index (Phi) is 5.01. The molecule has 1 aromatic rings. The molecule has 0 aliphatic heterocycles. The summed E-state index contributed by atoms with van der Waals surface area (Å²) in [4.78, 5) is 12.2. The van der Waals surface area contributed by atoms with Gasteiger partial charge < -0.3 is 4.74 Å². The molecule has 2 heteroatoms. The minimum Gasteiger partial charge on any atom is -0.466 e. The van der Waals surface area contributed by atoms with Gasteiger partial charge in [-0.15, -0.1) is 0 Å². The summed E-state index contributed by atoms with van der Waals surface area (Å²) < 4.78 is 5.24. The Bertz CT molecular complexity index is 444. The third-order valence-corrected chi connectivity index (χ3v) is 3.50. The lowest BCUT2D eigenvalue weighted by atomic mass is 9.75. The van der Waals surface area contributed by atoms with Gasteiger partial charge in [-0.25, -0.2) is 0 Å². The Hall–Kier alpha value is -1.31. The zero-order valence-electron chi connectivity index (χ0n) is 13.9. The number of benzene rings is 1. The summed E-state index contributed by atoms with van der Waals surface area (Å²) in [5.41, 5.74) is 2.27. The zero-order valence-corrected chi connectivity index (χ0v) is 13.9. The number of carbonyl (C=O) groups excluding carboxylic acids is 1. The predicted octanol–water partition coefficient (Wildman–Crippen LogP) is 4.68. The second kappa shape index (κ2) is 5.99. The third kappa shape index (κ3) is 4.09. The second-order valence-corrected chi connectivity index (χ2v) is 7.42. The largest absolute Gasteiger partial charge is 0.466 e. The molecule has 0 saturated carbocycles. The van der Waals surface area contributed by atoms with E-state index < -0.39 is 0 Å². The number of rotatable bonds is 3. The molecule has 1 unspecified atom stereocenters. The van der Waals surface area contributed by atoms with E-state index in [1.807, 2.05) is 6.92 Å². The smallest absolute Gasteiger partial charge is 0.313 e. The Morgan fingerprint density at radius 2 is 1.55 bits per heavy atom. The molecular weight excluding hydrogens is 248 g/mol. The van der Waals surface area contributed by atoms with E-state index in [1.165, 1.54) is 5.56 Å². The first kappa shape index (κ1) is 16.7. The van der Waals surface area contributed by atoms with Gasteiger partial charge in [-0.2, -0.15) is 0 Å². The van der Waals surface area contributed by atoms with Crippen LogP contribution in [0.2, 0.25) is 0 Å². The first-order chi connectivity index (χ1) is 9.07. The van der Waals surface area contributed by atoms with Gasteiger partial charge in [-0.1, -0.05) is 65.8 Å². The van der Waals surface area contributed by atoms with Crippen LogP contribution in [0.15, 0.2) is 24.3 Å². The van der Waals surface area contributed by atoms with E-state index in [4.69, 9.17) is 4.74 Å². The van der Waals surface area contributed by atoms with Crippen molar-refractivity contribution in [1.29, 1.82) is 0 Å². The molecule has 0 amide bonds. The van der Waals surface area contributed by atoms with Crippen LogP contribution in [0, 0.1) is 5.41 Å². The van der Waals surface area contributed by atoms with E-state index in [0.29, 0.717) is 6.61 Å². The molecule has 1 rings (SSSR count). The van der Waals surface area contributed by atoms with Crippen LogP contribution < -0.4 is 0 Å². The Morgan fingerprint density at radius 3 is 1.90 bits per heavy atom. The van der Waals surface area contributed by atoms with E-state index in [0.717, 1.165) is 5.56 Å². The molecule has 0 heterocycles. The molecule has 0 N–H and O–H groups in total. The van der Waals surface area contributed by atoms with Gasteiger partial charge in [0, 0.05) is 0 Å². The van der Waals surface area contributed by atoms with E-state index in [1.54, 1.807) is 0 Å². The predicted molar refractivity (Wildman–Crippen MR) is 84.0 cm³/mol. The summed E-state index contributed by atoms with van der Waals surface area (Å²) in [5, 5.41) is 0. The van der Waals surface area contributed by atoms with Crippen molar-refractivity contribution >= 4 is 5.97 Å². The second-order valence-electron chi connectivity index (χ2n) is 7.42. The zero-order chi connectivity index (χ0) is 15.6. The van der Waals surface area contributed by atoms with E-state index in [-0.39, 0.29) is 22.7 Å². The molecule has 0 saturated heterocycles. The first-order valence-corrected chi connectivity index (χ1v) is 7.34. The lowest BCUT2D eigenvalue weighted by Crippen LogP contribution is -2.28. The molecule has 0 spiro atoms. The van der Waals surface area contributed by atoms with Gasteiger partial charge in [0.15, 0.2) is 0 Å². The van der Waals surface area contributed by atoms with Crippen LogP contribution in [0.3, 0.4) is 0 Å². The average Bonchev–Trinajstić information content (AvgIpc) is 2.27. The maximum absolute atomic E-state index is 12.2. The first-order valence-electron chi connectivity index (χ1n) is 7.34. The fourth-order valence-electron chi connectivity index (χ4n) is 2.39. The van der Waals surface area contributed by atoms with Crippen LogP contribution in [0.25, 0.3) is 0 Å². The molecule has 0 radical (unpaired) electrons. The highest BCUT2D eigenvalue weighted by Crippen LogP contribution is 2.37. The Labute approximate surface area is 123 Å². The fraction of sp³-hybridized carbons (Fsp3) is 0.611. The molecule has 1 atom stereocenters. The highest BCUT2D eigenvalue weighted by molar-refractivity contribution is 5.79. The standard InChI is InChI=1S/C18H28O2/c1-8-20-16(19)15(18(5,6)7)13-9-11-14(12-10-13)17(2,3)4/h9-12,15H,8H2,1-7H3. The van der Waals surface area contributed by atoms with Crippen molar-refractivity contribution in [2.75, 3.05) is 6.61 Å². The Balaban J connectivity index is 3.13. The number of carbonyl (C=O) groups is 1.